The number of ether oxygens (including phenoxy) is 7. The van der Waals surface area contributed by atoms with Gasteiger partial charge in [-0.1, -0.05) is 129 Å². The Morgan fingerprint density at radius 1 is 0.728 bits per heavy atom. The molecule has 0 saturated carbocycles. The normalized spacial score (nSPS) is 18.2. The molecule has 3 unspecified atom stereocenters. The second-order valence-electron chi connectivity index (χ2n) is 24.8. The minimum Gasteiger partial charge on any atom is -0.497 e. The average Bonchev–Trinajstić information content (AvgIpc) is 1.72. The first-order chi connectivity index (χ1) is 49.8. The maximum absolute atomic E-state index is 15.6. The van der Waals surface area contributed by atoms with Gasteiger partial charge in [0.25, 0.3) is 11.1 Å². The highest BCUT2D eigenvalue weighted by atomic mass is 31.2. The first kappa shape index (κ1) is 73.5. The van der Waals surface area contributed by atoms with Crippen molar-refractivity contribution in [3.05, 3.63) is 216 Å². The lowest BCUT2D eigenvalue weighted by atomic mass is 9.80. The van der Waals surface area contributed by atoms with Crippen LogP contribution in [0.25, 0.3) is 27.1 Å². The summed E-state index contributed by atoms with van der Waals surface area (Å²) in [5.41, 5.74) is 2.04. The predicted molar refractivity (Wildman–Crippen MR) is 372 cm³/mol. The number of imidazole rings is 1. The molecule has 0 bridgehead atoms. The lowest BCUT2D eigenvalue weighted by Crippen LogP contribution is -2.38. The molecular formula is C74H76N9O19P. The standard InChI is InChI=1S/C74H76N9O19P/c1-45(2)69(88)79-72-78-68-67(71(90)80-72)77-44-83(68)64-39-59(60(99-64)42-96-74(48-17-8-7-9-18-48,49-26-30-51(93-5)31-27-49)50-28-32-52(94-6)33-29-50)102-103(92,97-37-36-75-4)98-43-61-58(101-66(87)34-25-46(3)84)38-63(100-61)82-40-47(70(89)81-73(82)91)16-15-35-76-62(85)23-14-24-65(86)95-41-57-55-21-12-10-19-53(55)54-20-11-13-22-56(54)57/h7-13,17-22,26-33,40,44-45,57-61,63-64H,14,23-25,34-39,41-43H2,1-3,5-6H3,(H,76,85)(H,81,89,91)(H2,78,79,80,88,90)/t58?,59?,60-,61-,63-,64-,103?/m1/s1. The summed E-state index contributed by atoms with van der Waals surface area (Å²) < 4.78 is 79.8. The minimum absolute atomic E-state index is 0.00403. The lowest BCUT2D eigenvalue weighted by Gasteiger charge is -2.37. The van der Waals surface area contributed by atoms with Gasteiger partial charge < -0.3 is 48.1 Å². The molecule has 4 N–H and O–H groups in total. The number of ketones is 1. The fraction of sp³-hybridized carbons (Fsp3) is 0.365. The first-order valence-electron chi connectivity index (χ1n) is 33.4. The molecule has 7 atom stereocenters. The molecule has 28 nitrogen and oxygen atoms in total. The number of methoxy groups -OCH3 is 2. The number of phosphoric ester groups is 1. The van der Waals surface area contributed by atoms with Gasteiger partial charge in [0.1, 0.15) is 78.5 Å². The zero-order valence-corrected chi connectivity index (χ0v) is 57.9. The van der Waals surface area contributed by atoms with Crippen molar-refractivity contribution in [1.29, 1.82) is 0 Å². The van der Waals surface area contributed by atoms with Crippen molar-refractivity contribution < 1.29 is 75.3 Å². The Kier molecular flexibility index (Phi) is 23.9. The number of carbonyl (C=O) groups excluding carboxylic acids is 5. The quantitative estimate of drug-likeness (QED) is 0.00789. The van der Waals surface area contributed by atoms with Gasteiger partial charge >= 0.3 is 25.5 Å². The number of phosphoric acid groups is 1. The molecule has 536 valence electrons. The Morgan fingerprint density at radius 2 is 1.35 bits per heavy atom. The Hall–Kier alpha value is -10.7. The van der Waals surface area contributed by atoms with Crippen molar-refractivity contribution in [3.63, 3.8) is 0 Å². The number of carbonyl (C=O) groups is 5. The maximum atomic E-state index is 15.6. The van der Waals surface area contributed by atoms with Gasteiger partial charge in [-0.2, -0.15) is 4.98 Å². The molecule has 2 aliphatic heterocycles. The Bertz CT molecular complexity index is 4660. The van der Waals surface area contributed by atoms with E-state index in [9.17, 15) is 38.4 Å². The first-order valence-corrected chi connectivity index (χ1v) is 34.8. The van der Waals surface area contributed by atoms with Gasteiger partial charge in [-0.25, -0.2) is 20.9 Å². The number of esters is 2. The number of fused-ring (bicyclic) bond motifs is 4. The number of nitrogens with zero attached hydrogens (tertiary/aromatic N) is 5. The third-order valence-electron chi connectivity index (χ3n) is 17.6. The number of amides is 2. The highest BCUT2D eigenvalue weighted by Gasteiger charge is 2.48. The van der Waals surface area contributed by atoms with Crippen LogP contribution in [0, 0.1) is 24.3 Å². The van der Waals surface area contributed by atoms with Gasteiger partial charge in [0.2, 0.25) is 24.3 Å². The zero-order valence-electron chi connectivity index (χ0n) is 57.0. The molecule has 2 saturated heterocycles. The third-order valence-corrected chi connectivity index (χ3v) is 19.1. The number of rotatable bonds is 31. The van der Waals surface area contributed by atoms with Crippen LogP contribution in [-0.2, 0) is 71.4 Å². The van der Waals surface area contributed by atoms with Crippen molar-refractivity contribution in [2.24, 2.45) is 5.92 Å². The summed E-state index contributed by atoms with van der Waals surface area (Å²) in [6.07, 6.45) is -6.01. The van der Waals surface area contributed by atoms with Crippen molar-refractivity contribution >= 4 is 54.5 Å². The van der Waals surface area contributed by atoms with Gasteiger partial charge in [-0.05, 0) is 76.6 Å². The Labute approximate surface area is 591 Å². The largest absolute Gasteiger partial charge is 0.497 e. The molecule has 5 aromatic carbocycles. The van der Waals surface area contributed by atoms with E-state index < -0.39 is 110 Å². The van der Waals surface area contributed by atoms with Crippen LogP contribution in [0.1, 0.15) is 117 Å². The second-order valence-corrected chi connectivity index (χ2v) is 26.4. The number of aromatic amines is 2. The van der Waals surface area contributed by atoms with E-state index in [4.69, 9.17) is 53.3 Å². The molecule has 11 rings (SSSR count). The monoisotopic (exact) mass is 1430 g/mol. The van der Waals surface area contributed by atoms with E-state index in [2.05, 4.69) is 47.3 Å². The van der Waals surface area contributed by atoms with Gasteiger partial charge in [0, 0.05) is 50.1 Å². The topological polar surface area (TPSA) is 342 Å². The average molecular weight is 1430 g/mol. The molecule has 29 heteroatoms. The van der Waals surface area contributed by atoms with Crippen molar-refractivity contribution in [3.8, 4) is 34.5 Å². The smallest absolute Gasteiger partial charge is 0.475 e. The van der Waals surface area contributed by atoms with Gasteiger partial charge in [0.15, 0.2) is 11.2 Å². The van der Waals surface area contributed by atoms with Crippen LogP contribution >= 0.6 is 7.82 Å². The van der Waals surface area contributed by atoms with E-state index in [1.54, 1.807) is 52.3 Å². The molecule has 3 aromatic heterocycles. The van der Waals surface area contributed by atoms with Gasteiger partial charge in [0.05, 0.1) is 46.7 Å². The van der Waals surface area contributed by atoms with Crippen LogP contribution < -0.4 is 36.9 Å². The van der Waals surface area contributed by atoms with Crippen LogP contribution in [0.15, 0.2) is 154 Å². The van der Waals surface area contributed by atoms with Crippen LogP contribution in [-0.4, -0.2) is 137 Å². The number of anilines is 1. The molecular weight excluding hydrogens is 1350 g/mol. The summed E-state index contributed by atoms with van der Waals surface area (Å²) in [7, 11) is -1.91. The van der Waals surface area contributed by atoms with Gasteiger partial charge in [-0.3, -0.25) is 66.8 Å². The fourth-order valence-corrected chi connectivity index (χ4v) is 13.8. The summed E-state index contributed by atoms with van der Waals surface area (Å²) in [6.45, 7) is 10.3. The van der Waals surface area contributed by atoms with Crippen LogP contribution in [0.5, 0.6) is 11.5 Å². The molecule has 103 heavy (non-hydrogen) atoms. The highest BCUT2D eigenvalue weighted by Crippen LogP contribution is 2.55. The molecule has 2 fully saturated rings. The summed E-state index contributed by atoms with van der Waals surface area (Å²) in [5, 5.41) is 5.26. The number of hydrogen-bond donors (Lipinski definition) is 4. The van der Waals surface area contributed by atoms with E-state index in [1.165, 1.54) is 17.8 Å². The molecule has 3 aliphatic rings. The van der Waals surface area contributed by atoms with Crippen LogP contribution in [0.4, 0.5) is 5.95 Å². The van der Waals surface area contributed by atoms with Crippen LogP contribution in [0.2, 0.25) is 0 Å². The Morgan fingerprint density at radius 3 is 1.99 bits per heavy atom. The second kappa shape index (κ2) is 33.4. The van der Waals surface area contributed by atoms with Crippen molar-refractivity contribution in [2.45, 2.75) is 114 Å². The van der Waals surface area contributed by atoms with Crippen molar-refractivity contribution in [1.82, 2.24) is 34.4 Å². The van der Waals surface area contributed by atoms with Crippen LogP contribution in [0.3, 0.4) is 0 Å². The zero-order chi connectivity index (χ0) is 72.8. The number of Topliss-reactive ketones (excluding diaryl/α,β-unsaturated/α-hetero) is 1. The van der Waals surface area contributed by atoms with E-state index in [0.29, 0.717) is 28.2 Å². The fourth-order valence-electron chi connectivity index (χ4n) is 12.4. The van der Waals surface area contributed by atoms with E-state index in [1.807, 2.05) is 103 Å². The predicted octanol–water partition coefficient (Wildman–Crippen LogP) is 8.59. The summed E-state index contributed by atoms with van der Waals surface area (Å²) in [4.78, 5) is 122. The van der Waals surface area contributed by atoms with E-state index >= 15 is 4.57 Å². The SMILES string of the molecule is [C-]#[N+]CCOP(=O)(OC[C@H]1O[C@@H](n2cc(C#CCNC(=O)CCCC(=O)OCC3c4ccccc4-c4ccccc43)c(=O)[nH]c2=O)CC1OC(=O)CCC(C)=O)OC1C[C@H](n2cnc3c(=O)[nH]c(NC(=O)C(C)C)nc32)O[C@@H]1COC(c1ccccc1)(c1ccc(OC)cc1)c1ccc(OC)cc1. The third kappa shape index (κ3) is 17.5. The van der Waals surface area contributed by atoms with E-state index in [0.717, 1.165) is 33.0 Å². The maximum Gasteiger partial charge on any atom is 0.475 e. The lowest BCUT2D eigenvalue weighted by molar-refractivity contribution is -0.154. The number of benzene rings is 5. The minimum atomic E-state index is -5.00. The molecule has 2 amide bonds. The molecule has 5 heterocycles. The molecule has 0 spiro atoms. The summed E-state index contributed by atoms with van der Waals surface area (Å²) in [5.74, 6) is 3.31. The molecule has 0 radical (unpaired) electrons. The number of aromatic nitrogens is 6. The summed E-state index contributed by atoms with van der Waals surface area (Å²) >= 11 is 0. The molecule has 8 aromatic rings. The number of hydrogen-bond acceptors (Lipinski definition) is 21. The Balaban J connectivity index is 0.827. The molecule has 1 aliphatic carbocycles. The van der Waals surface area contributed by atoms with E-state index in [-0.39, 0.29) is 106 Å². The summed E-state index contributed by atoms with van der Waals surface area (Å²) in [6, 6.07) is 39.9. The van der Waals surface area contributed by atoms with Crippen molar-refractivity contribution in [2.75, 3.05) is 59.1 Å². The number of nitrogens with one attached hydrogen (secondary N) is 4. The highest BCUT2D eigenvalue weighted by molar-refractivity contribution is 7.48. The van der Waals surface area contributed by atoms with Gasteiger partial charge in [-0.15, -0.1) is 0 Å². The number of H-pyrrole nitrogens is 2.